The molecule has 0 aromatic carbocycles. The van der Waals surface area contributed by atoms with E-state index >= 15 is 0 Å². The van der Waals surface area contributed by atoms with Crippen LogP contribution in [-0.2, 0) is 0 Å². The highest BCUT2D eigenvalue weighted by atomic mass is 16.3. The zero-order chi connectivity index (χ0) is 15.2. The van der Waals surface area contributed by atoms with E-state index in [1.165, 1.54) is 25.7 Å². The summed E-state index contributed by atoms with van der Waals surface area (Å²) in [7, 11) is 2.27. The standard InChI is InChI=1S/C17H36N2O/c1-6-11-18-17(4,13-20)12-15(3)19(5)16-9-7-14(2)8-10-16/h14-16,18,20H,6-13H2,1-5H3. The van der Waals surface area contributed by atoms with Crippen molar-refractivity contribution in [3.05, 3.63) is 0 Å². The second-order valence-corrected chi connectivity index (χ2v) is 7.28. The quantitative estimate of drug-likeness (QED) is 0.719. The fraction of sp³-hybridized carbons (Fsp3) is 1.00. The lowest BCUT2D eigenvalue weighted by Crippen LogP contribution is -2.52. The van der Waals surface area contributed by atoms with Crippen molar-refractivity contribution in [2.75, 3.05) is 20.2 Å². The molecular formula is C17H36N2O. The molecule has 0 amide bonds. The SMILES string of the molecule is CCCNC(C)(CO)CC(C)N(C)C1CCC(C)CC1. The molecule has 1 fully saturated rings. The Hall–Kier alpha value is -0.120. The molecule has 0 spiro atoms. The van der Waals surface area contributed by atoms with Gasteiger partial charge in [0, 0.05) is 17.6 Å². The summed E-state index contributed by atoms with van der Waals surface area (Å²) in [5.74, 6) is 0.906. The van der Waals surface area contributed by atoms with Crippen molar-refractivity contribution in [3.8, 4) is 0 Å². The van der Waals surface area contributed by atoms with Crippen LogP contribution in [0.25, 0.3) is 0 Å². The minimum absolute atomic E-state index is 0.147. The highest BCUT2D eigenvalue weighted by Gasteiger charge is 2.30. The zero-order valence-electron chi connectivity index (χ0n) is 14.3. The van der Waals surface area contributed by atoms with Crippen LogP contribution in [0.2, 0.25) is 0 Å². The lowest BCUT2D eigenvalue weighted by atomic mass is 9.85. The first-order valence-electron chi connectivity index (χ1n) is 8.49. The third kappa shape index (κ3) is 5.34. The number of nitrogens with zero attached hydrogens (tertiary/aromatic N) is 1. The molecule has 1 aliphatic carbocycles. The third-order valence-corrected chi connectivity index (χ3v) is 5.15. The molecule has 0 aromatic heterocycles. The van der Waals surface area contributed by atoms with Gasteiger partial charge in [-0.2, -0.15) is 0 Å². The summed E-state index contributed by atoms with van der Waals surface area (Å²) >= 11 is 0. The molecule has 2 N–H and O–H groups in total. The van der Waals surface area contributed by atoms with Crippen LogP contribution in [0, 0.1) is 5.92 Å². The fourth-order valence-corrected chi connectivity index (χ4v) is 3.43. The van der Waals surface area contributed by atoms with E-state index in [0.29, 0.717) is 6.04 Å². The Morgan fingerprint density at radius 1 is 1.30 bits per heavy atom. The van der Waals surface area contributed by atoms with Gasteiger partial charge in [0.15, 0.2) is 0 Å². The fourth-order valence-electron chi connectivity index (χ4n) is 3.43. The van der Waals surface area contributed by atoms with Crippen molar-refractivity contribution in [1.82, 2.24) is 10.2 Å². The predicted molar refractivity (Wildman–Crippen MR) is 87.0 cm³/mol. The van der Waals surface area contributed by atoms with E-state index in [1.54, 1.807) is 0 Å². The van der Waals surface area contributed by atoms with Crippen LogP contribution in [0.3, 0.4) is 0 Å². The molecule has 1 saturated carbocycles. The molecule has 0 aliphatic heterocycles. The van der Waals surface area contributed by atoms with Crippen LogP contribution < -0.4 is 5.32 Å². The molecule has 1 aliphatic rings. The molecule has 3 nitrogen and oxygen atoms in total. The van der Waals surface area contributed by atoms with Gasteiger partial charge >= 0.3 is 0 Å². The van der Waals surface area contributed by atoms with Gasteiger partial charge in [-0.05, 0) is 71.9 Å². The van der Waals surface area contributed by atoms with Gasteiger partial charge in [-0.1, -0.05) is 13.8 Å². The summed E-state index contributed by atoms with van der Waals surface area (Å²) in [6, 6.07) is 1.24. The third-order valence-electron chi connectivity index (χ3n) is 5.15. The molecular weight excluding hydrogens is 248 g/mol. The van der Waals surface area contributed by atoms with Gasteiger partial charge in [0.05, 0.1) is 6.61 Å². The Bertz CT molecular complexity index is 264. The molecule has 0 saturated heterocycles. The smallest absolute Gasteiger partial charge is 0.0611 e. The van der Waals surface area contributed by atoms with E-state index in [1.807, 2.05) is 0 Å². The molecule has 0 heterocycles. The van der Waals surface area contributed by atoms with Crippen LogP contribution in [0.4, 0.5) is 0 Å². The number of hydrogen-bond donors (Lipinski definition) is 2. The summed E-state index contributed by atoms with van der Waals surface area (Å²) in [6.45, 7) is 10.2. The van der Waals surface area contributed by atoms with Crippen molar-refractivity contribution in [3.63, 3.8) is 0 Å². The van der Waals surface area contributed by atoms with Crippen LogP contribution in [0.15, 0.2) is 0 Å². The van der Waals surface area contributed by atoms with Crippen molar-refractivity contribution in [1.29, 1.82) is 0 Å². The van der Waals surface area contributed by atoms with E-state index in [-0.39, 0.29) is 12.1 Å². The Labute approximate surface area is 126 Å². The second-order valence-electron chi connectivity index (χ2n) is 7.28. The monoisotopic (exact) mass is 284 g/mol. The van der Waals surface area contributed by atoms with Gasteiger partial charge in [0.2, 0.25) is 0 Å². The molecule has 120 valence electrons. The maximum atomic E-state index is 9.71. The van der Waals surface area contributed by atoms with E-state index in [2.05, 4.69) is 45.0 Å². The summed E-state index contributed by atoms with van der Waals surface area (Å²) in [5, 5.41) is 13.2. The van der Waals surface area contributed by atoms with Crippen molar-refractivity contribution < 1.29 is 5.11 Å². The molecule has 20 heavy (non-hydrogen) atoms. The largest absolute Gasteiger partial charge is 0.394 e. The molecule has 1 rings (SSSR count). The summed E-state index contributed by atoms with van der Waals surface area (Å²) < 4.78 is 0. The zero-order valence-corrected chi connectivity index (χ0v) is 14.3. The van der Waals surface area contributed by atoms with Crippen molar-refractivity contribution in [2.45, 2.75) is 83.8 Å². The van der Waals surface area contributed by atoms with Gasteiger partial charge in [-0.3, -0.25) is 0 Å². The van der Waals surface area contributed by atoms with Gasteiger partial charge in [-0.25, -0.2) is 0 Å². The Balaban J connectivity index is 2.48. The number of nitrogens with one attached hydrogen (secondary N) is 1. The molecule has 3 heteroatoms. The molecule has 0 aromatic rings. The lowest BCUT2D eigenvalue weighted by molar-refractivity contribution is 0.0861. The molecule has 2 atom stereocenters. The van der Waals surface area contributed by atoms with Gasteiger partial charge in [0.25, 0.3) is 0 Å². The maximum absolute atomic E-state index is 9.71. The van der Waals surface area contributed by atoms with Gasteiger partial charge in [-0.15, -0.1) is 0 Å². The highest BCUT2D eigenvalue weighted by molar-refractivity contribution is 4.88. The predicted octanol–water partition coefficient (Wildman–Crippen LogP) is 3.03. The summed E-state index contributed by atoms with van der Waals surface area (Å²) in [6.07, 6.45) is 7.52. The normalized spacial score (nSPS) is 28.4. The van der Waals surface area contributed by atoms with Crippen LogP contribution >= 0.6 is 0 Å². The molecule has 0 radical (unpaired) electrons. The van der Waals surface area contributed by atoms with E-state index in [0.717, 1.165) is 31.3 Å². The minimum atomic E-state index is -0.147. The summed E-state index contributed by atoms with van der Waals surface area (Å²) in [5.41, 5.74) is -0.147. The van der Waals surface area contributed by atoms with Crippen LogP contribution in [0.1, 0.15) is 66.2 Å². The first-order valence-corrected chi connectivity index (χ1v) is 8.49. The van der Waals surface area contributed by atoms with Gasteiger partial charge < -0.3 is 15.3 Å². The topological polar surface area (TPSA) is 35.5 Å². The Morgan fingerprint density at radius 2 is 1.90 bits per heavy atom. The second kappa shape index (κ2) is 8.35. The first kappa shape index (κ1) is 17.9. The highest BCUT2D eigenvalue weighted by Crippen LogP contribution is 2.28. The molecule has 0 bridgehead atoms. The Morgan fingerprint density at radius 3 is 2.40 bits per heavy atom. The summed E-state index contributed by atoms with van der Waals surface area (Å²) in [4.78, 5) is 2.55. The van der Waals surface area contributed by atoms with Crippen LogP contribution in [0.5, 0.6) is 0 Å². The average Bonchev–Trinajstić information content (AvgIpc) is 2.45. The van der Waals surface area contributed by atoms with E-state index in [4.69, 9.17) is 0 Å². The van der Waals surface area contributed by atoms with E-state index in [9.17, 15) is 5.11 Å². The minimum Gasteiger partial charge on any atom is -0.394 e. The Kier molecular flexibility index (Phi) is 7.49. The van der Waals surface area contributed by atoms with Crippen molar-refractivity contribution in [2.24, 2.45) is 5.92 Å². The van der Waals surface area contributed by atoms with Gasteiger partial charge in [0.1, 0.15) is 0 Å². The first-order chi connectivity index (χ1) is 9.41. The molecule has 2 unspecified atom stereocenters. The number of aliphatic hydroxyl groups is 1. The number of rotatable bonds is 8. The maximum Gasteiger partial charge on any atom is 0.0611 e. The van der Waals surface area contributed by atoms with E-state index < -0.39 is 0 Å². The average molecular weight is 284 g/mol. The van der Waals surface area contributed by atoms with Crippen molar-refractivity contribution >= 4 is 0 Å². The van der Waals surface area contributed by atoms with Crippen LogP contribution in [-0.4, -0.2) is 47.8 Å². The number of aliphatic hydroxyl groups excluding tert-OH is 1. The number of hydrogen-bond acceptors (Lipinski definition) is 3. The lowest BCUT2D eigenvalue weighted by Gasteiger charge is -2.41.